The van der Waals surface area contributed by atoms with Crippen LogP contribution in [0.2, 0.25) is 0 Å². The van der Waals surface area contributed by atoms with Crippen molar-refractivity contribution in [3.05, 3.63) is 70.5 Å². The van der Waals surface area contributed by atoms with Gasteiger partial charge in [0, 0.05) is 25.2 Å². The van der Waals surface area contributed by atoms with Crippen molar-refractivity contribution in [1.82, 2.24) is 24.6 Å². The summed E-state index contributed by atoms with van der Waals surface area (Å²) in [6, 6.07) is 9.74. The van der Waals surface area contributed by atoms with Gasteiger partial charge < -0.3 is 19.0 Å². The first-order valence-corrected chi connectivity index (χ1v) is 13.9. The summed E-state index contributed by atoms with van der Waals surface area (Å²) < 4.78 is 44.9. The number of carbonyl (C=O) groups is 2. The van der Waals surface area contributed by atoms with Crippen LogP contribution in [0.1, 0.15) is 58.0 Å². The van der Waals surface area contributed by atoms with Gasteiger partial charge in [-0.2, -0.15) is 12.7 Å². The van der Waals surface area contributed by atoms with Gasteiger partial charge in [0.25, 0.3) is 5.91 Å². The number of nitrogens with one attached hydrogen (secondary N) is 1. The molecule has 0 saturated heterocycles. The zero-order valence-corrected chi connectivity index (χ0v) is 22.4. The zero-order valence-electron chi connectivity index (χ0n) is 21.6. The van der Waals surface area contributed by atoms with Gasteiger partial charge in [-0.05, 0) is 54.7 Å². The average molecular weight is 556 g/mol. The van der Waals surface area contributed by atoms with Crippen LogP contribution in [0.15, 0.2) is 42.6 Å². The van der Waals surface area contributed by atoms with E-state index in [-0.39, 0.29) is 31.0 Å². The second-order valence-corrected chi connectivity index (χ2v) is 11.0. The Bertz CT molecular complexity index is 1500. The molecule has 3 aromatic rings. The van der Waals surface area contributed by atoms with Gasteiger partial charge in [0.15, 0.2) is 5.69 Å². The van der Waals surface area contributed by atoms with E-state index in [1.165, 1.54) is 11.4 Å². The number of esters is 1. The van der Waals surface area contributed by atoms with E-state index in [1.54, 1.807) is 41.2 Å². The Morgan fingerprint density at radius 2 is 1.97 bits per heavy atom. The second kappa shape index (κ2) is 11.0. The Labute approximate surface area is 226 Å². The number of aromatic nitrogens is 3. The van der Waals surface area contributed by atoms with Crippen molar-refractivity contribution in [3.63, 3.8) is 0 Å². The van der Waals surface area contributed by atoms with E-state index in [2.05, 4.69) is 15.6 Å². The van der Waals surface area contributed by atoms with Crippen molar-refractivity contribution in [2.24, 2.45) is 0 Å². The molecule has 1 amide bonds. The van der Waals surface area contributed by atoms with Crippen molar-refractivity contribution in [3.8, 4) is 11.5 Å². The Morgan fingerprint density at radius 3 is 2.79 bits per heavy atom. The number of ether oxygens (including phenoxy) is 2. The van der Waals surface area contributed by atoms with Gasteiger partial charge in [-0.1, -0.05) is 23.4 Å². The molecular formula is C26H29N5O7S. The molecule has 0 spiro atoms. The fourth-order valence-electron chi connectivity index (χ4n) is 4.50. The molecule has 7 bridgehead atoms. The third-order valence-electron chi connectivity index (χ3n) is 6.74. The van der Waals surface area contributed by atoms with Gasteiger partial charge in [-0.15, -0.1) is 5.10 Å². The fraction of sp³-hybridized carbons (Fsp3) is 0.385. The molecule has 2 aromatic carbocycles. The van der Waals surface area contributed by atoms with Crippen LogP contribution in [0.5, 0.6) is 11.5 Å². The smallest absolute Gasteiger partial charge is 0.385 e. The predicted molar refractivity (Wildman–Crippen MR) is 138 cm³/mol. The number of hydrogen-bond acceptors (Lipinski definition) is 9. The van der Waals surface area contributed by atoms with Crippen LogP contribution in [0, 0.1) is 6.92 Å². The molecule has 0 aliphatic carbocycles. The van der Waals surface area contributed by atoms with Gasteiger partial charge in [-0.3, -0.25) is 14.3 Å². The minimum Gasteiger partial charge on any atom is -0.494 e. The minimum atomic E-state index is -4.05. The first-order chi connectivity index (χ1) is 18.7. The summed E-state index contributed by atoms with van der Waals surface area (Å²) in [7, 11) is -2.78. The highest BCUT2D eigenvalue weighted by Gasteiger charge is 2.32. The van der Waals surface area contributed by atoms with Crippen molar-refractivity contribution in [2.75, 3.05) is 13.7 Å². The quantitative estimate of drug-likeness (QED) is 0.472. The number of amides is 1. The third kappa shape index (κ3) is 6.04. The molecule has 39 heavy (non-hydrogen) atoms. The molecular weight excluding hydrogens is 526 g/mol. The van der Waals surface area contributed by atoms with Crippen molar-refractivity contribution in [2.45, 2.75) is 51.9 Å². The van der Waals surface area contributed by atoms with E-state index in [1.807, 2.05) is 13.0 Å². The number of nitrogens with zero attached hydrogens (tertiary/aromatic N) is 4. The topological polar surface area (TPSA) is 142 Å². The molecule has 5 rings (SSSR count). The van der Waals surface area contributed by atoms with Crippen LogP contribution in [0.3, 0.4) is 0 Å². The molecule has 2 aliphatic rings. The highest BCUT2D eigenvalue weighted by atomic mass is 32.2. The van der Waals surface area contributed by atoms with Crippen molar-refractivity contribution >= 4 is 22.2 Å². The SMILES string of the molecule is COC(=O)CC1NC(=O)c2cn(nn2)CCCCOc2ccc3c(c2)CN(Cc2cc1ccc2C)S(=O)(=O)O3. The first-order valence-electron chi connectivity index (χ1n) is 12.5. The van der Waals surface area contributed by atoms with E-state index in [0.717, 1.165) is 18.4 Å². The van der Waals surface area contributed by atoms with Crippen LogP contribution >= 0.6 is 0 Å². The fourth-order valence-corrected chi connectivity index (χ4v) is 5.59. The lowest BCUT2D eigenvalue weighted by Crippen LogP contribution is -2.37. The summed E-state index contributed by atoms with van der Waals surface area (Å²) in [6.07, 6.45) is 2.90. The van der Waals surface area contributed by atoms with Crippen molar-refractivity contribution in [1.29, 1.82) is 0 Å². The number of benzene rings is 2. The maximum atomic E-state index is 13.0. The van der Waals surface area contributed by atoms with Crippen LogP contribution in [-0.2, 0) is 39.5 Å². The highest BCUT2D eigenvalue weighted by Crippen LogP contribution is 2.34. The number of methoxy groups -OCH3 is 1. The normalized spacial score (nSPS) is 20.7. The molecule has 12 nitrogen and oxygen atoms in total. The van der Waals surface area contributed by atoms with Crippen LogP contribution in [0.25, 0.3) is 0 Å². The number of hydrogen-bond donors (Lipinski definition) is 1. The average Bonchev–Trinajstić information content (AvgIpc) is 3.38. The Kier molecular flexibility index (Phi) is 7.53. The van der Waals surface area contributed by atoms with Crippen LogP contribution in [-0.4, -0.2) is 53.3 Å². The van der Waals surface area contributed by atoms with Crippen LogP contribution < -0.4 is 14.2 Å². The Morgan fingerprint density at radius 1 is 1.15 bits per heavy atom. The molecule has 2 unspecified atom stereocenters. The monoisotopic (exact) mass is 555 g/mol. The summed E-state index contributed by atoms with van der Waals surface area (Å²) in [5, 5.41) is 10.9. The molecule has 2 atom stereocenters. The van der Waals surface area contributed by atoms with E-state index in [9.17, 15) is 18.0 Å². The molecule has 13 heteroatoms. The van der Waals surface area contributed by atoms with Gasteiger partial charge in [-0.25, -0.2) is 0 Å². The Balaban J connectivity index is 1.52. The number of rotatable bonds is 2. The molecule has 1 aromatic heterocycles. The number of carbonyl (C=O) groups excluding carboxylic acids is 2. The summed E-state index contributed by atoms with van der Waals surface area (Å²) >= 11 is 0. The lowest BCUT2D eigenvalue weighted by molar-refractivity contribution is -0.141. The number of fused-ring (bicyclic) bond motifs is 6. The third-order valence-corrected chi connectivity index (χ3v) is 8.02. The second-order valence-electron chi connectivity index (χ2n) is 9.49. The molecule has 1 N–H and O–H groups in total. The summed E-state index contributed by atoms with van der Waals surface area (Å²) in [5.74, 6) is -0.112. The first kappa shape index (κ1) is 26.6. The van der Waals surface area contributed by atoms with Crippen molar-refractivity contribution < 1.29 is 31.7 Å². The van der Waals surface area contributed by atoms with E-state index in [4.69, 9.17) is 13.7 Å². The predicted octanol–water partition coefficient (Wildman–Crippen LogP) is 2.43. The highest BCUT2D eigenvalue weighted by molar-refractivity contribution is 7.84. The molecule has 0 saturated carbocycles. The maximum Gasteiger partial charge on any atom is 0.385 e. The molecule has 2 aliphatic heterocycles. The summed E-state index contributed by atoms with van der Waals surface area (Å²) in [4.78, 5) is 25.3. The molecule has 0 fully saturated rings. The molecule has 206 valence electrons. The van der Waals surface area contributed by atoms with Crippen LogP contribution in [0.4, 0.5) is 0 Å². The number of aryl methyl sites for hydroxylation is 2. The minimum absolute atomic E-state index is 0.0275. The summed E-state index contributed by atoms with van der Waals surface area (Å²) in [6.45, 7) is 2.99. The van der Waals surface area contributed by atoms with E-state index >= 15 is 0 Å². The standard InChI is InChI=1S/C26H29N5O7S/c1-17-5-6-18-11-19(17)14-31-15-20-12-21(7-8-24(20)38-39(31,34)35)37-10-4-3-9-30-16-23(28-29-30)26(33)27-22(18)13-25(32)36-2/h5-8,11-12,16,22H,3-4,9-10,13-15H2,1-2H3,(H,27,33). The largest absolute Gasteiger partial charge is 0.494 e. The van der Waals surface area contributed by atoms with Gasteiger partial charge >= 0.3 is 16.3 Å². The van der Waals surface area contributed by atoms with E-state index < -0.39 is 28.2 Å². The van der Waals surface area contributed by atoms with E-state index in [0.29, 0.717) is 35.6 Å². The van der Waals surface area contributed by atoms with Gasteiger partial charge in [0.05, 0.1) is 32.4 Å². The summed E-state index contributed by atoms with van der Waals surface area (Å²) in [5.41, 5.74) is 2.95. The maximum absolute atomic E-state index is 13.0. The lowest BCUT2D eigenvalue weighted by atomic mass is 9.98. The van der Waals surface area contributed by atoms with Gasteiger partial charge in [0.1, 0.15) is 11.5 Å². The lowest BCUT2D eigenvalue weighted by Gasteiger charge is -2.29. The molecule has 0 radical (unpaired) electrons. The molecule has 3 heterocycles. The van der Waals surface area contributed by atoms with Gasteiger partial charge in [0.2, 0.25) is 0 Å². The zero-order chi connectivity index (χ0) is 27.6. The Hall–Kier alpha value is -3.97.